The van der Waals surface area contributed by atoms with E-state index in [9.17, 15) is 0 Å². The highest BCUT2D eigenvalue weighted by atomic mass is 16.4. The molecule has 0 amide bonds. The molecule has 1 aromatic carbocycles. The van der Waals surface area contributed by atoms with Crippen molar-refractivity contribution in [3.8, 4) is 0 Å². The maximum Gasteiger partial charge on any atom is 0.235 e. The van der Waals surface area contributed by atoms with E-state index in [4.69, 9.17) is 4.42 Å². The van der Waals surface area contributed by atoms with E-state index in [1.807, 2.05) is 6.07 Å². The number of hydrogen-bond donors (Lipinski definition) is 1. The first-order chi connectivity index (χ1) is 8.47. The normalized spacial score (nSPS) is 11.6. The standard InChI is InChI=1S/C14H19N3O/c1-10-16-17-13(18-10)9-15-12-8-6-5-7-11(12)14(2,3)4/h5-8,15H,9H2,1-4H3. The molecule has 0 aliphatic carbocycles. The minimum Gasteiger partial charge on any atom is -0.424 e. The second kappa shape index (κ2) is 4.80. The summed E-state index contributed by atoms with van der Waals surface area (Å²) in [5.74, 6) is 1.20. The molecule has 4 nitrogen and oxygen atoms in total. The summed E-state index contributed by atoms with van der Waals surface area (Å²) in [4.78, 5) is 0. The van der Waals surface area contributed by atoms with Gasteiger partial charge in [0.15, 0.2) is 0 Å². The van der Waals surface area contributed by atoms with Gasteiger partial charge in [-0.1, -0.05) is 39.0 Å². The van der Waals surface area contributed by atoms with Crippen LogP contribution in [0.4, 0.5) is 5.69 Å². The van der Waals surface area contributed by atoms with Crippen molar-refractivity contribution < 1.29 is 4.42 Å². The fourth-order valence-electron chi connectivity index (χ4n) is 1.87. The van der Waals surface area contributed by atoms with E-state index in [2.05, 4.69) is 54.5 Å². The highest BCUT2D eigenvalue weighted by molar-refractivity contribution is 5.53. The van der Waals surface area contributed by atoms with E-state index >= 15 is 0 Å². The summed E-state index contributed by atoms with van der Waals surface area (Å²) in [6.07, 6.45) is 0. The Bertz CT molecular complexity index is 526. The Balaban J connectivity index is 2.14. The van der Waals surface area contributed by atoms with Crippen LogP contribution < -0.4 is 5.32 Å². The largest absolute Gasteiger partial charge is 0.424 e. The lowest BCUT2D eigenvalue weighted by Crippen LogP contribution is -2.14. The predicted octanol–water partition coefficient (Wildman–Crippen LogP) is 3.29. The van der Waals surface area contributed by atoms with Gasteiger partial charge in [0.25, 0.3) is 0 Å². The first kappa shape index (κ1) is 12.6. The van der Waals surface area contributed by atoms with Crippen LogP contribution in [-0.4, -0.2) is 10.2 Å². The summed E-state index contributed by atoms with van der Waals surface area (Å²) in [6, 6.07) is 8.30. The molecule has 18 heavy (non-hydrogen) atoms. The van der Waals surface area contributed by atoms with Crippen molar-refractivity contribution in [3.05, 3.63) is 41.6 Å². The monoisotopic (exact) mass is 245 g/mol. The second-order valence-electron chi connectivity index (χ2n) is 5.36. The Hall–Kier alpha value is -1.84. The molecule has 4 heteroatoms. The fourth-order valence-corrected chi connectivity index (χ4v) is 1.87. The molecule has 0 radical (unpaired) electrons. The van der Waals surface area contributed by atoms with Crippen molar-refractivity contribution in [1.82, 2.24) is 10.2 Å². The highest BCUT2D eigenvalue weighted by Gasteiger charge is 2.17. The van der Waals surface area contributed by atoms with Crippen LogP contribution in [0.3, 0.4) is 0 Å². The van der Waals surface area contributed by atoms with Crippen molar-refractivity contribution in [2.24, 2.45) is 0 Å². The summed E-state index contributed by atoms with van der Waals surface area (Å²) < 4.78 is 5.35. The SMILES string of the molecule is Cc1nnc(CNc2ccccc2C(C)(C)C)o1. The molecule has 0 saturated heterocycles. The van der Waals surface area contributed by atoms with Crippen LogP contribution in [0.1, 0.15) is 38.1 Å². The zero-order valence-corrected chi connectivity index (χ0v) is 11.3. The molecule has 1 N–H and O–H groups in total. The topological polar surface area (TPSA) is 51.0 Å². The summed E-state index contributed by atoms with van der Waals surface area (Å²) in [6.45, 7) is 8.94. The van der Waals surface area contributed by atoms with Crippen LogP contribution in [-0.2, 0) is 12.0 Å². The van der Waals surface area contributed by atoms with Gasteiger partial charge < -0.3 is 9.73 Å². The third-order valence-electron chi connectivity index (χ3n) is 2.73. The zero-order chi connectivity index (χ0) is 13.2. The Kier molecular flexibility index (Phi) is 3.36. The molecule has 1 aromatic heterocycles. The second-order valence-corrected chi connectivity index (χ2v) is 5.36. The molecule has 0 spiro atoms. The van der Waals surface area contributed by atoms with Gasteiger partial charge in [-0.15, -0.1) is 10.2 Å². The van der Waals surface area contributed by atoms with Gasteiger partial charge in [-0.2, -0.15) is 0 Å². The van der Waals surface area contributed by atoms with Gasteiger partial charge in [0.05, 0.1) is 6.54 Å². The molecule has 0 unspecified atom stereocenters. The van der Waals surface area contributed by atoms with Crippen molar-refractivity contribution in [2.45, 2.75) is 39.7 Å². The fraction of sp³-hybridized carbons (Fsp3) is 0.429. The van der Waals surface area contributed by atoms with Gasteiger partial charge in [0.2, 0.25) is 11.8 Å². The Morgan fingerprint density at radius 1 is 1.17 bits per heavy atom. The molecule has 0 bridgehead atoms. The maximum atomic E-state index is 5.35. The minimum atomic E-state index is 0.106. The number of rotatable bonds is 3. The van der Waals surface area contributed by atoms with Crippen LogP contribution in [0.25, 0.3) is 0 Å². The van der Waals surface area contributed by atoms with E-state index in [-0.39, 0.29) is 5.41 Å². The average molecular weight is 245 g/mol. The third-order valence-corrected chi connectivity index (χ3v) is 2.73. The Morgan fingerprint density at radius 2 is 1.89 bits per heavy atom. The number of nitrogens with zero attached hydrogens (tertiary/aromatic N) is 2. The van der Waals surface area contributed by atoms with Gasteiger partial charge in [0, 0.05) is 12.6 Å². The molecule has 0 saturated carbocycles. The minimum absolute atomic E-state index is 0.106. The van der Waals surface area contributed by atoms with E-state index in [1.165, 1.54) is 5.56 Å². The lowest BCUT2D eigenvalue weighted by atomic mass is 9.86. The number of hydrogen-bond acceptors (Lipinski definition) is 4. The number of anilines is 1. The Labute approximate surface area is 107 Å². The summed E-state index contributed by atoms with van der Waals surface area (Å²) in [5.41, 5.74) is 2.50. The molecule has 2 rings (SSSR count). The number of benzene rings is 1. The lowest BCUT2D eigenvalue weighted by Gasteiger charge is -2.23. The van der Waals surface area contributed by atoms with Crippen LogP contribution in [0, 0.1) is 6.92 Å². The molecule has 0 fully saturated rings. The number of aryl methyl sites for hydroxylation is 1. The molecular weight excluding hydrogens is 226 g/mol. The third kappa shape index (κ3) is 2.88. The highest BCUT2D eigenvalue weighted by Crippen LogP contribution is 2.29. The number of nitrogens with one attached hydrogen (secondary N) is 1. The first-order valence-corrected chi connectivity index (χ1v) is 6.09. The predicted molar refractivity (Wildman–Crippen MR) is 71.5 cm³/mol. The van der Waals surface area contributed by atoms with E-state index < -0.39 is 0 Å². The number of aromatic nitrogens is 2. The van der Waals surface area contributed by atoms with Gasteiger partial charge in [-0.3, -0.25) is 0 Å². The smallest absolute Gasteiger partial charge is 0.235 e. The van der Waals surface area contributed by atoms with Crippen molar-refractivity contribution in [1.29, 1.82) is 0 Å². The Morgan fingerprint density at radius 3 is 2.50 bits per heavy atom. The van der Waals surface area contributed by atoms with Crippen LogP contribution in [0.5, 0.6) is 0 Å². The van der Waals surface area contributed by atoms with Crippen LogP contribution >= 0.6 is 0 Å². The summed E-state index contributed by atoms with van der Waals surface area (Å²) >= 11 is 0. The van der Waals surface area contributed by atoms with E-state index in [0.717, 1.165) is 5.69 Å². The molecule has 0 atom stereocenters. The van der Waals surface area contributed by atoms with Gasteiger partial charge in [0.1, 0.15) is 0 Å². The first-order valence-electron chi connectivity index (χ1n) is 6.09. The average Bonchev–Trinajstić information content (AvgIpc) is 2.72. The van der Waals surface area contributed by atoms with Crippen molar-refractivity contribution >= 4 is 5.69 Å². The molecule has 0 aliphatic rings. The van der Waals surface area contributed by atoms with Gasteiger partial charge in [-0.25, -0.2) is 0 Å². The van der Waals surface area contributed by atoms with Gasteiger partial charge in [-0.05, 0) is 17.0 Å². The molecular formula is C14H19N3O. The van der Waals surface area contributed by atoms with E-state index in [0.29, 0.717) is 18.3 Å². The summed E-state index contributed by atoms with van der Waals surface area (Å²) in [5, 5.41) is 11.1. The number of para-hydroxylation sites is 1. The molecule has 96 valence electrons. The maximum absolute atomic E-state index is 5.35. The quantitative estimate of drug-likeness (QED) is 0.901. The molecule has 2 aromatic rings. The van der Waals surface area contributed by atoms with Crippen molar-refractivity contribution in [2.75, 3.05) is 5.32 Å². The lowest BCUT2D eigenvalue weighted by molar-refractivity contribution is 0.474. The van der Waals surface area contributed by atoms with E-state index in [1.54, 1.807) is 6.92 Å². The van der Waals surface area contributed by atoms with Crippen LogP contribution in [0.2, 0.25) is 0 Å². The zero-order valence-electron chi connectivity index (χ0n) is 11.3. The molecule has 0 aliphatic heterocycles. The van der Waals surface area contributed by atoms with Crippen molar-refractivity contribution in [3.63, 3.8) is 0 Å². The summed E-state index contributed by atoms with van der Waals surface area (Å²) in [7, 11) is 0. The van der Waals surface area contributed by atoms with Crippen LogP contribution in [0.15, 0.2) is 28.7 Å². The molecule has 1 heterocycles. The van der Waals surface area contributed by atoms with Gasteiger partial charge >= 0.3 is 0 Å².